The van der Waals surface area contributed by atoms with Crippen molar-refractivity contribution in [3.63, 3.8) is 0 Å². The summed E-state index contributed by atoms with van der Waals surface area (Å²) in [7, 11) is 0. The van der Waals surface area contributed by atoms with E-state index in [1.807, 2.05) is 12.3 Å². The second-order valence-corrected chi connectivity index (χ2v) is 7.19. The van der Waals surface area contributed by atoms with Crippen LogP contribution in [0.1, 0.15) is 38.5 Å². The maximum absolute atomic E-state index is 11.8. The van der Waals surface area contributed by atoms with E-state index in [9.17, 15) is 9.90 Å². The van der Waals surface area contributed by atoms with Crippen LogP contribution in [0.4, 0.5) is 11.8 Å². The summed E-state index contributed by atoms with van der Waals surface area (Å²) in [5.74, 6) is 1.31. The summed E-state index contributed by atoms with van der Waals surface area (Å²) in [5, 5.41) is 9.73. The standard InChI is InChI=1S/C17H24N4O2/c22-15(23)17-7-4-5-13(17)11-21(12-17)14-6-8-18-16(19-14)20-9-2-1-3-10-20/h6,8,13H,1-5,7,9-12H2,(H,22,23)/t13-,17+/m0/s1. The molecule has 0 radical (unpaired) electrons. The first-order valence-electron chi connectivity index (χ1n) is 8.75. The van der Waals surface area contributed by atoms with Crippen molar-refractivity contribution >= 4 is 17.7 Å². The first kappa shape index (κ1) is 14.7. The maximum Gasteiger partial charge on any atom is 0.311 e. The monoisotopic (exact) mass is 316 g/mol. The zero-order valence-corrected chi connectivity index (χ0v) is 13.4. The number of rotatable bonds is 3. The molecule has 3 fully saturated rings. The Hall–Kier alpha value is -1.85. The summed E-state index contributed by atoms with van der Waals surface area (Å²) in [4.78, 5) is 25.4. The molecule has 2 saturated heterocycles. The van der Waals surface area contributed by atoms with Crippen LogP contribution in [-0.4, -0.2) is 47.2 Å². The molecule has 3 aliphatic rings. The van der Waals surface area contributed by atoms with Gasteiger partial charge >= 0.3 is 5.97 Å². The molecule has 0 unspecified atom stereocenters. The number of nitrogens with zero attached hydrogens (tertiary/aromatic N) is 4. The zero-order chi connectivity index (χ0) is 15.9. The Morgan fingerprint density at radius 3 is 2.78 bits per heavy atom. The predicted octanol–water partition coefficient (Wildman–Crippen LogP) is 2.16. The minimum absolute atomic E-state index is 0.258. The third kappa shape index (κ3) is 2.44. The fraction of sp³-hybridized carbons (Fsp3) is 0.706. The normalized spacial score (nSPS) is 30.5. The van der Waals surface area contributed by atoms with Crippen molar-refractivity contribution in [2.45, 2.75) is 38.5 Å². The van der Waals surface area contributed by atoms with Gasteiger partial charge in [-0.25, -0.2) is 4.98 Å². The molecule has 1 saturated carbocycles. The fourth-order valence-electron chi connectivity index (χ4n) is 4.57. The molecular formula is C17H24N4O2. The molecule has 124 valence electrons. The van der Waals surface area contributed by atoms with Gasteiger partial charge in [0, 0.05) is 32.4 Å². The molecule has 1 aromatic rings. The minimum atomic E-state index is -0.632. The number of fused-ring (bicyclic) bond motifs is 1. The quantitative estimate of drug-likeness (QED) is 0.921. The second kappa shape index (κ2) is 5.65. The van der Waals surface area contributed by atoms with E-state index in [1.54, 1.807) is 0 Å². The van der Waals surface area contributed by atoms with E-state index in [2.05, 4.69) is 14.8 Å². The highest BCUT2D eigenvalue weighted by Gasteiger charge is 2.55. The number of carbonyl (C=O) groups is 1. The molecule has 1 N–H and O–H groups in total. The van der Waals surface area contributed by atoms with Crippen molar-refractivity contribution < 1.29 is 9.90 Å². The third-order valence-electron chi connectivity index (χ3n) is 5.89. The Labute approximate surface area is 136 Å². The van der Waals surface area contributed by atoms with Crippen molar-refractivity contribution in [2.24, 2.45) is 11.3 Å². The van der Waals surface area contributed by atoms with Crippen LogP contribution in [0.25, 0.3) is 0 Å². The first-order chi connectivity index (χ1) is 11.2. The highest BCUT2D eigenvalue weighted by Crippen LogP contribution is 2.49. The molecular weight excluding hydrogens is 292 g/mol. The number of aliphatic carboxylic acids is 1. The number of hydrogen-bond donors (Lipinski definition) is 1. The summed E-state index contributed by atoms with van der Waals surface area (Å²) < 4.78 is 0. The smallest absolute Gasteiger partial charge is 0.311 e. The Balaban J connectivity index is 1.56. The summed E-state index contributed by atoms with van der Waals surface area (Å²) in [5.41, 5.74) is -0.559. The van der Waals surface area contributed by atoms with Gasteiger partial charge in [-0.1, -0.05) is 6.42 Å². The largest absolute Gasteiger partial charge is 0.481 e. The first-order valence-corrected chi connectivity index (χ1v) is 8.75. The van der Waals surface area contributed by atoms with Crippen LogP contribution >= 0.6 is 0 Å². The van der Waals surface area contributed by atoms with E-state index in [-0.39, 0.29) is 5.92 Å². The number of piperidine rings is 1. The molecule has 6 heteroatoms. The second-order valence-electron chi connectivity index (χ2n) is 7.19. The maximum atomic E-state index is 11.8. The van der Waals surface area contributed by atoms with E-state index in [4.69, 9.17) is 4.98 Å². The van der Waals surface area contributed by atoms with Gasteiger partial charge in [-0.05, 0) is 44.1 Å². The molecule has 6 nitrogen and oxygen atoms in total. The van der Waals surface area contributed by atoms with Crippen molar-refractivity contribution in [1.82, 2.24) is 9.97 Å². The highest BCUT2D eigenvalue weighted by atomic mass is 16.4. The van der Waals surface area contributed by atoms with Gasteiger partial charge in [0.15, 0.2) is 0 Å². The Kier molecular flexibility index (Phi) is 3.62. The van der Waals surface area contributed by atoms with Gasteiger partial charge in [0.1, 0.15) is 5.82 Å². The van der Waals surface area contributed by atoms with Gasteiger partial charge in [-0.3, -0.25) is 4.79 Å². The summed E-state index contributed by atoms with van der Waals surface area (Å²) in [6.07, 6.45) is 8.34. The van der Waals surface area contributed by atoms with Crippen LogP contribution in [0.5, 0.6) is 0 Å². The lowest BCUT2D eigenvalue weighted by atomic mass is 9.81. The summed E-state index contributed by atoms with van der Waals surface area (Å²) in [6.45, 7) is 3.43. The molecule has 2 aliphatic heterocycles. The van der Waals surface area contributed by atoms with Crippen molar-refractivity contribution in [2.75, 3.05) is 36.0 Å². The lowest BCUT2D eigenvalue weighted by Crippen LogP contribution is -2.36. The molecule has 2 atom stereocenters. The van der Waals surface area contributed by atoms with Crippen molar-refractivity contribution in [3.8, 4) is 0 Å². The van der Waals surface area contributed by atoms with Gasteiger partial charge in [-0.2, -0.15) is 4.98 Å². The number of carboxylic acid groups (broad SMARTS) is 1. The topological polar surface area (TPSA) is 69.6 Å². The Bertz CT molecular complexity index is 602. The number of aromatic nitrogens is 2. The molecule has 4 rings (SSSR count). The molecule has 0 aromatic carbocycles. The van der Waals surface area contributed by atoms with E-state index < -0.39 is 11.4 Å². The van der Waals surface area contributed by atoms with Crippen LogP contribution in [0.15, 0.2) is 12.3 Å². The Morgan fingerprint density at radius 2 is 2.04 bits per heavy atom. The van der Waals surface area contributed by atoms with E-state index in [0.717, 1.165) is 50.7 Å². The van der Waals surface area contributed by atoms with Crippen LogP contribution in [0.2, 0.25) is 0 Å². The molecule has 0 amide bonds. The highest BCUT2D eigenvalue weighted by molar-refractivity contribution is 5.77. The summed E-state index contributed by atoms with van der Waals surface area (Å²) in [6, 6.07) is 1.92. The molecule has 1 aromatic heterocycles. The lowest BCUT2D eigenvalue weighted by Gasteiger charge is -2.28. The van der Waals surface area contributed by atoms with E-state index >= 15 is 0 Å². The molecule has 23 heavy (non-hydrogen) atoms. The van der Waals surface area contributed by atoms with Gasteiger partial charge in [0.05, 0.1) is 5.41 Å². The molecule has 0 spiro atoms. The third-order valence-corrected chi connectivity index (χ3v) is 5.89. The number of anilines is 2. The molecule has 3 heterocycles. The molecule has 0 bridgehead atoms. The van der Waals surface area contributed by atoms with Crippen LogP contribution in [0, 0.1) is 11.3 Å². The molecule has 1 aliphatic carbocycles. The van der Waals surface area contributed by atoms with Gasteiger partial charge in [0.2, 0.25) is 5.95 Å². The fourth-order valence-corrected chi connectivity index (χ4v) is 4.57. The average Bonchev–Trinajstić information content (AvgIpc) is 3.14. The van der Waals surface area contributed by atoms with Crippen LogP contribution in [-0.2, 0) is 4.79 Å². The van der Waals surface area contributed by atoms with Gasteiger partial charge < -0.3 is 14.9 Å². The number of carboxylic acids is 1. The minimum Gasteiger partial charge on any atom is -0.481 e. The summed E-state index contributed by atoms with van der Waals surface area (Å²) >= 11 is 0. The predicted molar refractivity (Wildman–Crippen MR) is 87.7 cm³/mol. The Morgan fingerprint density at radius 1 is 1.22 bits per heavy atom. The van der Waals surface area contributed by atoms with Gasteiger partial charge in [-0.15, -0.1) is 0 Å². The SMILES string of the molecule is O=C(O)[C@@]12CCC[C@H]1CN(c1ccnc(N3CCCCC3)n1)C2. The van der Waals surface area contributed by atoms with E-state index in [0.29, 0.717) is 6.54 Å². The average molecular weight is 316 g/mol. The number of hydrogen-bond acceptors (Lipinski definition) is 5. The van der Waals surface area contributed by atoms with Crippen molar-refractivity contribution in [1.29, 1.82) is 0 Å². The lowest BCUT2D eigenvalue weighted by molar-refractivity contribution is -0.149. The van der Waals surface area contributed by atoms with E-state index in [1.165, 1.54) is 19.3 Å². The van der Waals surface area contributed by atoms with Crippen LogP contribution in [0.3, 0.4) is 0 Å². The van der Waals surface area contributed by atoms with Gasteiger partial charge in [0.25, 0.3) is 0 Å². The zero-order valence-electron chi connectivity index (χ0n) is 13.4. The van der Waals surface area contributed by atoms with Crippen LogP contribution < -0.4 is 9.80 Å². The van der Waals surface area contributed by atoms with Crippen molar-refractivity contribution in [3.05, 3.63) is 12.3 Å².